The minimum Gasteiger partial charge on any atom is -0.495 e. The van der Waals surface area contributed by atoms with Crippen LogP contribution in [0.15, 0.2) is 42.5 Å². The molecular weight excluding hydrogens is 312 g/mol. The van der Waals surface area contributed by atoms with Crippen molar-refractivity contribution in [1.29, 1.82) is 0 Å². The summed E-state index contributed by atoms with van der Waals surface area (Å²) in [6.07, 6.45) is 1.35. The number of amides is 1. The number of anilines is 2. The lowest BCUT2D eigenvalue weighted by Gasteiger charge is -2.18. The lowest BCUT2D eigenvalue weighted by molar-refractivity contribution is -0.118. The minimum atomic E-state index is 0.128. The lowest BCUT2D eigenvalue weighted by atomic mass is 10.2. The van der Waals surface area contributed by atoms with Gasteiger partial charge in [-0.15, -0.1) is 0 Å². The first-order valence-electron chi connectivity index (χ1n) is 7.64. The average molecular weight is 331 g/mol. The van der Waals surface area contributed by atoms with Crippen molar-refractivity contribution in [2.45, 2.75) is 12.8 Å². The van der Waals surface area contributed by atoms with Crippen LogP contribution in [-0.2, 0) is 11.2 Å². The van der Waals surface area contributed by atoms with Gasteiger partial charge < -0.3 is 15.0 Å². The van der Waals surface area contributed by atoms with E-state index >= 15 is 0 Å². The van der Waals surface area contributed by atoms with Crippen molar-refractivity contribution in [2.24, 2.45) is 0 Å². The minimum absolute atomic E-state index is 0.128. The average Bonchev–Trinajstić information content (AvgIpc) is 2.99. The van der Waals surface area contributed by atoms with E-state index in [1.54, 1.807) is 19.2 Å². The fourth-order valence-electron chi connectivity index (χ4n) is 2.85. The van der Waals surface area contributed by atoms with Gasteiger partial charge in [0.25, 0.3) is 0 Å². The Morgan fingerprint density at radius 2 is 2.13 bits per heavy atom. The number of nitrogens with one attached hydrogen (secondary N) is 1. The molecule has 23 heavy (non-hydrogen) atoms. The highest BCUT2D eigenvalue weighted by Crippen LogP contribution is 2.29. The Balaban J connectivity index is 1.60. The molecule has 0 fully saturated rings. The lowest BCUT2D eigenvalue weighted by Crippen LogP contribution is -2.30. The highest BCUT2D eigenvalue weighted by atomic mass is 35.5. The van der Waals surface area contributed by atoms with E-state index in [4.69, 9.17) is 16.3 Å². The molecule has 1 heterocycles. The zero-order valence-corrected chi connectivity index (χ0v) is 13.8. The van der Waals surface area contributed by atoms with Crippen LogP contribution in [0.4, 0.5) is 11.4 Å². The smallest absolute Gasteiger partial charge is 0.228 e. The number of benzene rings is 2. The normalized spacial score (nSPS) is 12.9. The summed E-state index contributed by atoms with van der Waals surface area (Å²) in [5.74, 6) is 0.844. The van der Waals surface area contributed by atoms with Crippen LogP contribution in [0.3, 0.4) is 0 Å². The van der Waals surface area contributed by atoms with Gasteiger partial charge in [-0.2, -0.15) is 0 Å². The number of hydrogen-bond acceptors (Lipinski definition) is 3. The number of halogens is 1. The third kappa shape index (κ3) is 3.42. The quantitative estimate of drug-likeness (QED) is 0.908. The Hall–Kier alpha value is -2.20. The van der Waals surface area contributed by atoms with Crippen LogP contribution >= 0.6 is 11.6 Å². The molecule has 1 N–H and O–H groups in total. The van der Waals surface area contributed by atoms with Gasteiger partial charge in [-0.1, -0.05) is 29.8 Å². The number of ether oxygens (including phenoxy) is 1. The van der Waals surface area contributed by atoms with E-state index in [2.05, 4.69) is 11.4 Å². The van der Waals surface area contributed by atoms with Crippen molar-refractivity contribution in [3.05, 3.63) is 53.1 Å². The fraction of sp³-hybridized carbons (Fsp3) is 0.278. The summed E-state index contributed by atoms with van der Waals surface area (Å²) >= 11 is 6.00. The van der Waals surface area contributed by atoms with E-state index in [0.717, 1.165) is 24.3 Å². The van der Waals surface area contributed by atoms with Crippen molar-refractivity contribution < 1.29 is 9.53 Å². The van der Waals surface area contributed by atoms with Gasteiger partial charge in [-0.25, -0.2) is 0 Å². The molecule has 0 aliphatic carbocycles. The van der Waals surface area contributed by atoms with Crippen LogP contribution in [0.25, 0.3) is 0 Å². The summed E-state index contributed by atoms with van der Waals surface area (Å²) in [6.45, 7) is 1.30. The summed E-state index contributed by atoms with van der Waals surface area (Å²) in [6, 6.07) is 13.5. The molecule has 120 valence electrons. The van der Waals surface area contributed by atoms with Crippen LogP contribution in [0.2, 0.25) is 5.02 Å². The first kappa shape index (κ1) is 15.7. The Morgan fingerprint density at radius 1 is 1.30 bits per heavy atom. The number of fused-ring (bicyclic) bond motifs is 1. The number of nitrogens with zero attached hydrogens (tertiary/aromatic N) is 1. The number of carbonyl (C=O) groups excluding carboxylic acids is 1. The van der Waals surface area contributed by atoms with Gasteiger partial charge in [0.2, 0.25) is 5.91 Å². The summed E-state index contributed by atoms with van der Waals surface area (Å²) in [5.41, 5.74) is 3.08. The molecule has 1 aliphatic rings. The molecule has 2 aromatic rings. The van der Waals surface area contributed by atoms with Gasteiger partial charge in [-0.3, -0.25) is 4.79 Å². The van der Waals surface area contributed by atoms with E-state index in [0.29, 0.717) is 23.7 Å². The monoisotopic (exact) mass is 330 g/mol. The van der Waals surface area contributed by atoms with Gasteiger partial charge >= 0.3 is 0 Å². The predicted octanol–water partition coefficient (Wildman–Crippen LogP) is 3.74. The third-order valence-corrected chi connectivity index (χ3v) is 4.24. The Bertz CT molecular complexity index is 718. The van der Waals surface area contributed by atoms with E-state index in [1.165, 1.54) is 5.56 Å². The summed E-state index contributed by atoms with van der Waals surface area (Å²) in [5, 5.41) is 3.86. The second-order valence-electron chi connectivity index (χ2n) is 5.45. The Kier molecular flexibility index (Phi) is 4.72. The number of methoxy groups -OCH3 is 1. The molecule has 0 unspecified atom stereocenters. The number of para-hydroxylation sites is 1. The molecular formula is C18H19ClN2O2. The Morgan fingerprint density at radius 3 is 2.96 bits per heavy atom. The maximum atomic E-state index is 12.4. The van der Waals surface area contributed by atoms with Crippen molar-refractivity contribution in [3.8, 4) is 5.75 Å². The maximum absolute atomic E-state index is 12.4. The zero-order valence-electron chi connectivity index (χ0n) is 13.0. The Labute approximate surface area is 141 Å². The SMILES string of the molecule is COc1ccc(Cl)cc1NCCC(=O)N1CCc2ccccc21. The fourth-order valence-corrected chi connectivity index (χ4v) is 3.03. The summed E-state index contributed by atoms with van der Waals surface area (Å²) in [4.78, 5) is 14.3. The molecule has 2 aromatic carbocycles. The van der Waals surface area contributed by atoms with Crippen molar-refractivity contribution >= 4 is 28.9 Å². The molecule has 1 amide bonds. The third-order valence-electron chi connectivity index (χ3n) is 4.00. The second-order valence-corrected chi connectivity index (χ2v) is 5.88. The predicted molar refractivity (Wildman–Crippen MR) is 93.6 cm³/mol. The second kappa shape index (κ2) is 6.92. The first-order chi connectivity index (χ1) is 11.2. The van der Waals surface area contributed by atoms with E-state index in [-0.39, 0.29) is 5.91 Å². The highest BCUT2D eigenvalue weighted by molar-refractivity contribution is 6.30. The molecule has 0 bridgehead atoms. The standard InChI is InChI=1S/C18H19ClN2O2/c1-23-17-7-6-14(19)12-15(17)20-10-8-18(22)21-11-9-13-4-2-3-5-16(13)21/h2-7,12,20H,8-11H2,1H3. The molecule has 3 rings (SSSR count). The van der Waals surface area contributed by atoms with Crippen LogP contribution in [0.1, 0.15) is 12.0 Å². The molecule has 0 spiro atoms. The maximum Gasteiger partial charge on any atom is 0.228 e. The number of carbonyl (C=O) groups is 1. The van der Waals surface area contributed by atoms with E-state index in [9.17, 15) is 4.79 Å². The zero-order chi connectivity index (χ0) is 16.2. The molecule has 0 atom stereocenters. The highest BCUT2D eigenvalue weighted by Gasteiger charge is 2.23. The first-order valence-corrected chi connectivity index (χ1v) is 8.02. The summed E-state index contributed by atoms with van der Waals surface area (Å²) < 4.78 is 5.29. The number of rotatable bonds is 5. The molecule has 1 aliphatic heterocycles. The molecule has 0 saturated heterocycles. The van der Waals surface area contributed by atoms with E-state index in [1.807, 2.05) is 29.2 Å². The molecule has 0 radical (unpaired) electrons. The molecule has 0 aromatic heterocycles. The number of hydrogen-bond donors (Lipinski definition) is 1. The van der Waals surface area contributed by atoms with Crippen LogP contribution in [0.5, 0.6) is 5.75 Å². The largest absolute Gasteiger partial charge is 0.495 e. The van der Waals surface area contributed by atoms with Crippen LogP contribution in [-0.4, -0.2) is 26.1 Å². The van der Waals surface area contributed by atoms with Crippen molar-refractivity contribution in [1.82, 2.24) is 0 Å². The van der Waals surface area contributed by atoms with Gasteiger partial charge in [0.05, 0.1) is 12.8 Å². The van der Waals surface area contributed by atoms with Crippen molar-refractivity contribution in [3.63, 3.8) is 0 Å². The van der Waals surface area contributed by atoms with Gasteiger partial charge in [-0.05, 0) is 36.2 Å². The van der Waals surface area contributed by atoms with Gasteiger partial charge in [0, 0.05) is 30.2 Å². The van der Waals surface area contributed by atoms with Crippen molar-refractivity contribution in [2.75, 3.05) is 30.4 Å². The van der Waals surface area contributed by atoms with E-state index < -0.39 is 0 Å². The molecule has 5 heteroatoms. The summed E-state index contributed by atoms with van der Waals surface area (Å²) in [7, 11) is 1.61. The van der Waals surface area contributed by atoms with Crippen LogP contribution < -0.4 is 15.0 Å². The van der Waals surface area contributed by atoms with Gasteiger partial charge in [0.1, 0.15) is 5.75 Å². The molecule has 0 saturated carbocycles. The topological polar surface area (TPSA) is 41.6 Å². The van der Waals surface area contributed by atoms with Gasteiger partial charge in [0.15, 0.2) is 0 Å². The molecule has 4 nitrogen and oxygen atoms in total. The van der Waals surface area contributed by atoms with Crippen LogP contribution in [0, 0.1) is 0 Å².